The first-order valence-corrected chi connectivity index (χ1v) is 8.38. The normalized spacial score (nSPS) is 15.2. The first-order valence-electron chi connectivity index (χ1n) is 8.38. The van der Waals surface area contributed by atoms with Crippen molar-refractivity contribution < 1.29 is 9.59 Å². The quantitative estimate of drug-likeness (QED) is 0.900. The Kier molecular flexibility index (Phi) is 5.14. The van der Waals surface area contributed by atoms with E-state index in [1.54, 1.807) is 18.0 Å². The molecule has 1 N–H and O–H groups in total. The average molecular weight is 341 g/mol. The highest BCUT2D eigenvalue weighted by atomic mass is 16.2. The number of hydrogen-bond donors (Lipinski definition) is 1. The molecule has 1 aromatic heterocycles. The number of anilines is 1. The Labute approximate surface area is 147 Å². The van der Waals surface area contributed by atoms with Crippen molar-refractivity contribution in [2.75, 3.05) is 38.5 Å². The third-order valence-electron chi connectivity index (χ3n) is 4.36. The fraction of sp³-hybridized carbons (Fsp3) is 0.389. The predicted molar refractivity (Wildman–Crippen MR) is 95.4 cm³/mol. The number of rotatable bonds is 4. The molecule has 25 heavy (non-hydrogen) atoms. The Bertz CT molecular complexity index is 748. The monoisotopic (exact) mass is 341 g/mol. The molecule has 2 aromatic rings. The van der Waals surface area contributed by atoms with Crippen LogP contribution in [0.3, 0.4) is 0 Å². The largest absolute Gasteiger partial charge is 0.335 e. The molecule has 0 atom stereocenters. The maximum Gasteiger partial charge on any atom is 0.274 e. The number of amides is 2. The molecule has 7 heteroatoms. The van der Waals surface area contributed by atoms with Crippen LogP contribution in [0.25, 0.3) is 0 Å². The van der Waals surface area contributed by atoms with Crippen LogP contribution < -0.4 is 5.32 Å². The number of aryl methyl sites for hydroxylation is 1. The van der Waals surface area contributed by atoms with Crippen LogP contribution in [0.1, 0.15) is 16.1 Å². The van der Waals surface area contributed by atoms with E-state index in [1.165, 1.54) is 4.68 Å². The zero-order valence-corrected chi connectivity index (χ0v) is 14.6. The van der Waals surface area contributed by atoms with Gasteiger partial charge in [-0.15, -0.1) is 0 Å². The van der Waals surface area contributed by atoms with Gasteiger partial charge in [0.05, 0.1) is 6.42 Å². The van der Waals surface area contributed by atoms with E-state index < -0.39 is 0 Å². The number of nitrogens with one attached hydrogen (secondary N) is 1. The van der Waals surface area contributed by atoms with Gasteiger partial charge in [-0.3, -0.25) is 14.3 Å². The van der Waals surface area contributed by atoms with Crippen molar-refractivity contribution in [1.82, 2.24) is 19.6 Å². The van der Waals surface area contributed by atoms with Crippen molar-refractivity contribution in [2.24, 2.45) is 7.05 Å². The Morgan fingerprint density at radius 1 is 1.08 bits per heavy atom. The summed E-state index contributed by atoms with van der Waals surface area (Å²) in [5.74, 6) is 0.304. The third-order valence-corrected chi connectivity index (χ3v) is 4.36. The van der Waals surface area contributed by atoms with E-state index in [0.29, 0.717) is 24.6 Å². The van der Waals surface area contributed by atoms with E-state index in [1.807, 2.05) is 37.4 Å². The number of aromatic nitrogens is 2. The Morgan fingerprint density at radius 3 is 2.44 bits per heavy atom. The SMILES string of the molecule is CN1CCN(C(=O)c2cc(NC(=O)Cc3ccccc3)n(C)n2)CC1. The fourth-order valence-corrected chi connectivity index (χ4v) is 2.83. The van der Waals surface area contributed by atoms with E-state index in [-0.39, 0.29) is 18.2 Å². The van der Waals surface area contributed by atoms with E-state index in [0.717, 1.165) is 18.7 Å². The standard InChI is InChI=1S/C18H23N5O2/c1-21-8-10-23(11-9-21)18(25)15-13-16(22(2)20-15)19-17(24)12-14-6-4-3-5-7-14/h3-7,13H,8-12H2,1-2H3,(H,19,24). The summed E-state index contributed by atoms with van der Waals surface area (Å²) in [5.41, 5.74) is 1.30. The molecule has 0 spiro atoms. The molecule has 2 heterocycles. The molecular weight excluding hydrogens is 318 g/mol. The molecule has 0 unspecified atom stereocenters. The van der Waals surface area contributed by atoms with E-state index in [2.05, 4.69) is 15.3 Å². The first kappa shape index (κ1) is 17.2. The maximum absolute atomic E-state index is 12.6. The molecule has 0 saturated carbocycles. The number of hydrogen-bond acceptors (Lipinski definition) is 4. The molecule has 7 nitrogen and oxygen atoms in total. The smallest absolute Gasteiger partial charge is 0.274 e. The summed E-state index contributed by atoms with van der Waals surface area (Å²) in [6.07, 6.45) is 0.285. The van der Waals surface area contributed by atoms with Gasteiger partial charge >= 0.3 is 0 Å². The zero-order valence-electron chi connectivity index (χ0n) is 14.6. The molecule has 2 amide bonds. The number of likely N-dealkylation sites (N-methyl/N-ethyl adjacent to an activating group) is 1. The van der Waals surface area contributed by atoms with Gasteiger partial charge in [0.25, 0.3) is 5.91 Å². The molecule has 3 rings (SSSR count). The molecule has 1 aromatic carbocycles. The molecule has 1 aliphatic heterocycles. The number of piperazine rings is 1. The van der Waals surface area contributed by atoms with Crippen molar-refractivity contribution in [3.05, 3.63) is 47.7 Å². The molecule has 1 saturated heterocycles. The van der Waals surface area contributed by atoms with E-state index >= 15 is 0 Å². The van der Waals surface area contributed by atoms with Crippen LogP contribution in [-0.2, 0) is 18.3 Å². The predicted octanol–water partition coefficient (Wildman–Crippen LogP) is 0.989. The first-order chi connectivity index (χ1) is 12.0. The lowest BCUT2D eigenvalue weighted by Gasteiger charge is -2.31. The van der Waals surface area contributed by atoms with Gasteiger partial charge in [0.2, 0.25) is 5.91 Å². The van der Waals surface area contributed by atoms with Crippen molar-refractivity contribution in [1.29, 1.82) is 0 Å². The minimum Gasteiger partial charge on any atom is -0.335 e. The maximum atomic E-state index is 12.6. The van der Waals surface area contributed by atoms with Gasteiger partial charge in [-0.1, -0.05) is 30.3 Å². The highest BCUT2D eigenvalue weighted by Gasteiger charge is 2.23. The van der Waals surface area contributed by atoms with Crippen LogP contribution in [-0.4, -0.2) is 64.6 Å². The average Bonchev–Trinajstić information content (AvgIpc) is 2.96. The second kappa shape index (κ2) is 7.48. The van der Waals surface area contributed by atoms with Gasteiger partial charge in [0, 0.05) is 39.3 Å². The summed E-state index contributed by atoms with van der Waals surface area (Å²) in [5, 5.41) is 7.09. The Balaban J connectivity index is 1.64. The van der Waals surface area contributed by atoms with E-state index in [9.17, 15) is 9.59 Å². The second-order valence-corrected chi connectivity index (χ2v) is 6.34. The van der Waals surface area contributed by atoms with Crippen molar-refractivity contribution >= 4 is 17.6 Å². The number of carbonyl (C=O) groups is 2. The van der Waals surface area contributed by atoms with Crippen LogP contribution >= 0.6 is 0 Å². The zero-order chi connectivity index (χ0) is 17.8. The number of carbonyl (C=O) groups excluding carboxylic acids is 2. The number of benzene rings is 1. The summed E-state index contributed by atoms with van der Waals surface area (Å²) >= 11 is 0. The highest BCUT2D eigenvalue weighted by molar-refractivity contribution is 5.96. The van der Waals surface area contributed by atoms with Crippen LogP contribution in [0.5, 0.6) is 0 Å². The van der Waals surface area contributed by atoms with Crippen LogP contribution in [0.2, 0.25) is 0 Å². The molecule has 132 valence electrons. The van der Waals surface area contributed by atoms with Crippen LogP contribution in [0, 0.1) is 0 Å². The van der Waals surface area contributed by atoms with Crippen molar-refractivity contribution in [3.63, 3.8) is 0 Å². The second-order valence-electron chi connectivity index (χ2n) is 6.34. The summed E-state index contributed by atoms with van der Waals surface area (Å²) in [6, 6.07) is 11.2. The van der Waals surface area contributed by atoms with Crippen molar-refractivity contribution in [3.8, 4) is 0 Å². The molecule has 0 bridgehead atoms. The van der Waals surface area contributed by atoms with Gasteiger partial charge in [-0.05, 0) is 12.6 Å². The van der Waals surface area contributed by atoms with Gasteiger partial charge in [0.15, 0.2) is 5.69 Å². The lowest BCUT2D eigenvalue weighted by Crippen LogP contribution is -2.47. The molecule has 1 aliphatic rings. The summed E-state index contributed by atoms with van der Waals surface area (Å²) in [7, 11) is 3.77. The van der Waals surface area contributed by atoms with Gasteiger partial charge in [-0.2, -0.15) is 5.10 Å². The van der Waals surface area contributed by atoms with Crippen LogP contribution in [0.4, 0.5) is 5.82 Å². The molecule has 0 aliphatic carbocycles. The van der Waals surface area contributed by atoms with E-state index in [4.69, 9.17) is 0 Å². The third kappa shape index (κ3) is 4.24. The molecule has 1 fully saturated rings. The fourth-order valence-electron chi connectivity index (χ4n) is 2.83. The van der Waals surface area contributed by atoms with Crippen molar-refractivity contribution in [2.45, 2.75) is 6.42 Å². The minimum absolute atomic E-state index is 0.0905. The Hall–Kier alpha value is -2.67. The molecular formula is C18H23N5O2. The summed E-state index contributed by atoms with van der Waals surface area (Å²) in [4.78, 5) is 28.8. The van der Waals surface area contributed by atoms with Gasteiger partial charge < -0.3 is 15.1 Å². The Morgan fingerprint density at radius 2 is 1.76 bits per heavy atom. The lowest BCUT2D eigenvalue weighted by molar-refractivity contribution is -0.115. The lowest BCUT2D eigenvalue weighted by atomic mass is 10.1. The summed E-state index contributed by atoms with van der Waals surface area (Å²) < 4.78 is 1.53. The summed E-state index contributed by atoms with van der Waals surface area (Å²) in [6.45, 7) is 3.11. The minimum atomic E-state index is -0.132. The van der Waals surface area contributed by atoms with Gasteiger partial charge in [-0.25, -0.2) is 0 Å². The number of nitrogens with zero attached hydrogens (tertiary/aromatic N) is 4. The van der Waals surface area contributed by atoms with Crippen LogP contribution in [0.15, 0.2) is 36.4 Å². The topological polar surface area (TPSA) is 70.5 Å². The molecule has 0 radical (unpaired) electrons. The van der Waals surface area contributed by atoms with Gasteiger partial charge in [0.1, 0.15) is 5.82 Å². The highest BCUT2D eigenvalue weighted by Crippen LogP contribution is 2.13.